The molecule has 0 bridgehead atoms. The Kier molecular flexibility index (Phi) is 2.55. The third-order valence-corrected chi connectivity index (χ3v) is 3.29. The van der Waals surface area contributed by atoms with Crippen molar-refractivity contribution >= 4 is 6.29 Å². The van der Waals surface area contributed by atoms with Crippen LogP contribution in [0, 0.1) is 11.3 Å². The van der Waals surface area contributed by atoms with Gasteiger partial charge in [-0.05, 0) is 30.5 Å². The summed E-state index contributed by atoms with van der Waals surface area (Å²) in [6.07, 6.45) is 5.12. The predicted octanol–water partition coefficient (Wildman–Crippen LogP) is 2.57. The molecule has 0 unspecified atom stereocenters. The van der Waals surface area contributed by atoms with Crippen molar-refractivity contribution in [2.24, 2.45) is 0 Å². The molecule has 0 aromatic heterocycles. The van der Waals surface area contributed by atoms with Crippen LogP contribution < -0.4 is 0 Å². The average Bonchev–Trinajstić information content (AvgIpc) is 2.79. The van der Waals surface area contributed by atoms with Crippen LogP contribution in [0.15, 0.2) is 24.3 Å². The van der Waals surface area contributed by atoms with Gasteiger partial charge in [-0.1, -0.05) is 25.0 Å². The molecule has 1 aromatic rings. The fraction of sp³-hybridized carbons (Fsp3) is 0.385. The van der Waals surface area contributed by atoms with Gasteiger partial charge in [-0.25, -0.2) is 0 Å². The number of hydrogen-bond acceptors (Lipinski definition) is 2. The molecular formula is C13H13NO. The second-order valence-electron chi connectivity index (χ2n) is 4.17. The van der Waals surface area contributed by atoms with Crippen LogP contribution in [0.5, 0.6) is 0 Å². The minimum Gasteiger partial charge on any atom is -0.302 e. The second-order valence-corrected chi connectivity index (χ2v) is 4.17. The minimum atomic E-state index is -0.313. The van der Waals surface area contributed by atoms with E-state index in [1.807, 2.05) is 18.2 Å². The largest absolute Gasteiger partial charge is 0.302 e. The first-order valence-corrected chi connectivity index (χ1v) is 5.28. The normalized spacial score (nSPS) is 18.3. The summed E-state index contributed by atoms with van der Waals surface area (Å²) in [6, 6.07) is 9.56. The Labute approximate surface area is 89.5 Å². The molecule has 0 amide bonds. The van der Waals surface area contributed by atoms with Crippen molar-refractivity contribution in [1.82, 2.24) is 0 Å². The van der Waals surface area contributed by atoms with Crippen molar-refractivity contribution in [3.63, 3.8) is 0 Å². The van der Waals surface area contributed by atoms with Crippen molar-refractivity contribution < 1.29 is 4.79 Å². The molecule has 1 aromatic carbocycles. The van der Waals surface area contributed by atoms with Crippen molar-refractivity contribution in [2.45, 2.75) is 31.1 Å². The summed E-state index contributed by atoms with van der Waals surface area (Å²) in [5.41, 5.74) is 1.34. The molecule has 2 heteroatoms. The van der Waals surface area contributed by atoms with Crippen LogP contribution in [-0.2, 0) is 10.2 Å². The lowest BCUT2D eigenvalue weighted by molar-refractivity contribution is -0.112. The van der Waals surface area contributed by atoms with E-state index in [9.17, 15) is 4.79 Å². The molecule has 0 spiro atoms. The quantitative estimate of drug-likeness (QED) is 0.687. The first-order chi connectivity index (χ1) is 7.30. The third-order valence-electron chi connectivity index (χ3n) is 3.29. The Bertz CT molecular complexity index is 411. The molecule has 0 aliphatic heterocycles. The lowest BCUT2D eigenvalue weighted by Gasteiger charge is -2.22. The average molecular weight is 199 g/mol. The van der Waals surface area contributed by atoms with Gasteiger partial charge in [-0.15, -0.1) is 0 Å². The summed E-state index contributed by atoms with van der Waals surface area (Å²) in [5, 5.41) is 8.82. The van der Waals surface area contributed by atoms with Crippen LogP contribution in [0.3, 0.4) is 0 Å². The molecule has 1 saturated carbocycles. The van der Waals surface area contributed by atoms with Crippen LogP contribution in [0.4, 0.5) is 0 Å². The van der Waals surface area contributed by atoms with E-state index in [0.717, 1.165) is 37.5 Å². The maximum atomic E-state index is 11.2. The second kappa shape index (κ2) is 3.86. The lowest BCUT2D eigenvalue weighted by atomic mass is 9.80. The summed E-state index contributed by atoms with van der Waals surface area (Å²) in [7, 11) is 0. The molecule has 2 nitrogen and oxygen atoms in total. The lowest BCUT2D eigenvalue weighted by Crippen LogP contribution is -2.23. The van der Waals surface area contributed by atoms with Crippen molar-refractivity contribution in [3.8, 4) is 6.07 Å². The maximum absolute atomic E-state index is 11.2. The molecule has 1 fully saturated rings. The zero-order valence-electron chi connectivity index (χ0n) is 8.57. The van der Waals surface area contributed by atoms with E-state index in [1.54, 1.807) is 6.07 Å². The van der Waals surface area contributed by atoms with Gasteiger partial charge in [0.1, 0.15) is 6.29 Å². The predicted molar refractivity (Wildman–Crippen MR) is 57.4 cm³/mol. The van der Waals surface area contributed by atoms with Crippen LogP contribution in [0.25, 0.3) is 0 Å². The number of carbonyl (C=O) groups is 1. The smallest absolute Gasteiger partial charge is 0.130 e. The highest BCUT2D eigenvalue weighted by atomic mass is 16.1. The highest BCUT2D eigenvalue weighted by Gasteiger charge is 2.35. The first kappa shape index (κ1) is 9.92. The van der Waals surface area contributed by atoms with E-state index in [-0.39, 0.29) is 5.41 Å². The monoisotopic (exact) mass is 199 g/mol. The van der Waals surface area contributed by atoms with Gasteiger partial charge in [-0.3, -0.25) is 0 Å². The zero-order valence-corrected chi connectivity index (χ0v) is 8.57. The molecule has 0 atom stereocenters. The van der Waals surface area contributed by atoms with Crippen LogP contribution in [0.2, 0.25) is 0 Å². The number of aldehydes is 1. The van der Waals surface area contributed by atoms with Gasteiger partial charge >= 0.3 is 0 Å². The molecule has 15 heavy (non-hydrogen) atoms. The SMILES string of the molecule is N#Cc1cccc(C2(C=O)CCCC2)c1. The Morgan fingerprint density at radius 2 is 2.07 bits per heavy atom. The van der Waals surface area contributed by atoms with Gasteiger partial charge in [0.25, 0.3) is 0 Å². The Morgan fingerprint density at radius 1 is 1.33 bits per heavy atom. The maximum Gasteiger partial charge on any atom is 0.130 e. The highest BCUT2D eigenvalue weighted by molar-refractivity contribution is 5.69. The summed E-state index contributed by atoms with van der Waals surface area (Å²) in [6.45, 7) is 0. The Balaban J connectivity index is 2.43. The first-order valence-electron chi connectivity index (χ1n) is 5.28. The molecule has 1 aliphatic rings. The number of nitriles is 1. The summed E-state index contributed by atoms with van der Waals surface area (Å²) < 4.78 is 0. The van der Waals surface area contributed by atoms with Gasteiger partial charge in [0.2, 0.25) is 0 Å². The molecule has 0 radical (unpaired) electrons. The summed E-state index contributed by atoms with van der Waals surface area (Å²) in [4.78, 5) is 11.2. The summed E-state index contributed by atoms with van der Waals surface area (Å²) >= 11 is 0. The van der Waals surface area contributed by atoms with Crippen LogP contribution in [0.1, 0.15) is 36.8 Å². The number of rotatable bonds is 2. The molecular weight excluding hydrogens is 186 g/mol. The van der Waals surface area contributed by atoms with E-state index < -0.39 is 0 Å². The van der Waals surface area contributed by atoms with E-state index in [4.69, 9.17) is 5.26 Å². The van der Waals surface area contributed by atoms with Crippen LogP contribution in [-0.4, -0.2) is 6.29 Å². The van der Waals surface area contributed by atoms with Crippen molar-refractivity contribution in [1.29, 1.82) is 5.26 Å². The number of benzene rings is 1. The fourth-order valence-electron chi connectivity index (χ4n) is 2.38. The van der Waals surface area contributed by atoms with Gasteiger partial charge in [0.05, 0.1) is 17.0 Å². The van der Waals surface area contributed by atoms with Crippen LogP contribution >= 0.6 is 0 Å². The standard InChI is InChI=1S/C13H13NO/c14-9-11-4-3-5-12(8-11)13(10-15)6-1-2-7-13/h3-5,8,10H,1-2,6-7H2. The van der Waals surface area contributed by atoms with E-state index in [0.29, 0.717) is 5.56 Å². The van der Waals surface area contributed by atoms with Gasteiger partial charge in [0.15, 0.2) is 0 Å². The number of nitrogens with zero attached hydrogens (tertiary/aromatic N) is 1. The summed E-state index contributed by atoms with van der Waals surface area (Å²) in [5.74, 6) is 0. The van der Waals surface area contributed by atoms with E-state index >= 15 is 0 Å². The molecule has 1 aliphatic carbocycles. The van der Waals surface area contributed by atoms with Gasteiger partial charge in [-0.2, -0.15) is 5.26 Å². The molecule has 0 N–H and O–H groups in total. The number of hydrogen-bond donors (Lipinski definition) is 0. The topological polar surface area (TPSA) is 40.9 Å². The third kappa shape index (κ3) is 1.66. The van der Waals surface area contributed by atoms with Gasteiger partial charge in [0, 0.05) is 0 Å². The molecule has 0 saturated heterocycles. The van der Waals surface area contributed by atoms with Crippen molar-refractivity contribution in [2.75, 3.05) is 0 Å². The Morgan fingerprint density at radius 3 is 2.67 bits per heavy atom. The molecule has 2 rings (SSSR count). The molecule has 0 heterocycles. The van der Waals surface area contributed by atoms with Gasteiger partial charge < -0.3 is 4.79 Å². The minimum absolute atomic E-state index is 0.313. The van der Waals surface area contributed by atoms with Crippen molar-refractivity contribution in [3.05, 3.63) is 35.4 Å². The zero-order chi connectivity index (χ0) is 10.7. The van der Waals surface area contributed by atoms with E-state index in [1.165, 1.54) is 0 Å². The molecule has 76 valence electrons. The number of carbonyl (C=O) groups excluding carboxylic acids is 1. The fourth-order valence-corrected chi connectivity index (χ4v) is 2.38. The Hall–Kier alpha value is -1.62. The highest BCUT2D eigenvalue weighted by Crippen LogP contribution is 2.39. The van der Waals surface area contributed by atoms with E-state index in [2.05, 4.69) is 6.07 Å².